The number of benzene rings is 2. The van der Waals surface area contributed by atoms with E-state index in [1.165, 1.54) is 0 Å². The zero-order valence-electron chi connectivity index (χ0n) is 18.0. The Bertz CT molecular complexity index is 1170. The molecule has 3 N–H and O–H groups in total. The van der Waals surface area contributed by atoms with Gasteiger partial charge in [0, 0.05) is 40.7 Å². The summed E-state index contributed by atoms with van der Waals surface area (Å²) in [7, 11) is 1.68. The Balaban J connectivity index is 1.33. The maximum atomic E-state index is 6.12. The Hall–Kier alpha value is -2.68. The van der Waals surface area contributed by atoms with Gasteiger partial charge in [0.1, 0.15) is 5.82 Å². The lowest BCUT2D eigenvalue weighted by atomic mass is 10.2. The second-order valence-corrected chi connectivity index (χ2v) is 8.86. The van der Waals surface area contributed by atoms with Gasteiger partial charge in [-0.1, -0.05) is 22.0 Å². The number of H-pyrrole nitrogens is 2. The monoisotopic (exact) mass is 498 g/mol. The first kappa shape index (κ1) is 21.2. The first-order chi connectivity index (χ1) is 15.7. The molecule has 7 nitrogen and oxygen atoms in total. The van der Waals surface area contributed by atoms with Gasteiger partial charge in [-0.2, -0.15) is 0 Å². The molecule has 2 aliphatic heterocycles. The number of nitrogens with zero attached hydrogens (tertiary/aromatic N) is 1. The fourth-order valence-electron chi connectivity index (χ4n) is 4.19. The molecule has 5 rings (SSSR count). The minimum Gasteiger partial charge on any atom is -0.493 e. The van der Waals surface area contributed by atoms with E-state index < -0.39 is 0 Å². The van der Waals surface area contributed by atoms with Crippen LogP contribution in [0.3, 0.4) is 0 Å². The number of nitrogens with one attached hydrogen (secondary N) is 3. The van der Waals surface area contributed by atoms with Crippen molar-refractivity contribution in [2.45, 2.75) is 6.42 Å². The van der Waals surface area contributed by atoms with Gasteiger partial charge in [-0.3, -0.25) is 15.1 Å². The fraction of sp³-hybridized carbons (Fsp3) is 0.333. The molecule has 3 aliphatic rings. The van der Waals surface area contributed by atoms with E-state index in [1.54, 1.807) is 7.11 Å². The van der Waals surface area contributed by atoms with Crippen molar-refractivity contribution in [1.29, 1.82) is 0 Å². The number of hydrogen-bond acceptors (Lipinski definition) is 5. The third kappa shape index (κ3) is 4.44. The fourth-order valence-corrected chi connectivity index (χ4v) is 4.58. The number of rotatable bonds is 8. The van der Waals surface area contributed by atoms with Gasteiger partial charge in [-0.15, -0.1) is 0 Å². The maximum absolute atomic E-state index is 6.12. The normalized spacial score (nSPS) is 14.8. The molecule has 0 bridgehead atoms. The zero-order chi connectivity index (χ0) is 21.9. The minimum absolute atomic E-state index is 0.654. The number of anilines is 2. The number of methoxy groups -OCH3 is 1. The first-order valence-corrected chi connectivity index (χ1v) is 11.7. The molecule has 168 valence electrons. The highest BCUT2D eigenvalue weighted by atomic mass is 79.9. The van der Waals surface area contributed by atoms with E-state index in [1.807, 2.05) is 30.3 Å². The SMILES string of the molecule is COc1cc2c3[nH][nH]c(Nc4cccc(Br)c4)c-3cc2cc1OCCCN1CCOCC1. The molecule has 0 unspecified atom stereocenters. The van der Waals surface area contributed by atoms with Crippen molar-refractivity contribution in [3.05, 3.63) is 46.9 Å². The summed E-state index contributed by atoms with van der Waals surface area (Å²) in [5.41, 5.74) is 3.13. The van der Waals surface area contributed by atoms with Crippen LogP contribution in [0.1, 0.15) is 6.42 Å². The van der Waals surface area contributed by atoms with Crippen molar-refractivity contribution in [3.8, 4) is 22.8 Å². The van der Waals surface area contributed by atoms with E-state index in [2.05, 4.69) is 48.5 Å². The summed E-state index contributed by atoms with van der Waals surface area (Å²) in [4.78, 5) is 2.42. The molecule has 0 saturated carbocycles. The van der Waals surface area contributed by atoms with Crippen molar-refractivity contribution in [1.82, 2.24) is 15.1 Å². The van der Waals surface area contributed by atoms with Gasteiger partial charge in [0.25, 0.3) is 0 Å². The average molecular weight is 499 g/mol. The average Bonchev–Trinajstić information content (AvgIpc) is 3.36. The van der Waals surface area contributed by atoms with Gasteiger partial charge in [-0.05, 0) is 48.2 Å². The molecule has 2 heterocycles. The summed E-state index contributed by atoms with van der Waals surface area (Å²) in [5, 5.41) is 12.2. The summed E-state index contributed by atoms with van der Waals surface area (Å²) in [6, 6.07) is 14.4. The molecule has 8 heteroatoms. The van der Waals surface area contributed by atoms with Crippen LogP contribution in [0.4, 0.5) is 11.5 Å². The number of morpholine rings is 1. The molecular formula is C24H27BrN4O3. The van der Waals surface area contributed by atoms with E-state index in [-0.39, 0.29) is 0 Å². The highest BCUT2D eigenvalue weighted by Crippen LogP contribution is 2.43. The van der Waals surface area contributed by atoms with Crippen LogP contribution in [0.2, 0.25) is 0 Å². The van der Waals surface area contributed by atoms with Crippen molar-refractivity contribution in [2.24, 2.45) is 0 Å². The van der Waals surface area contributed by atoms with Crippen LogP contribution in [0, 0.1) is 0 Å². The largest absolute Gasteiger partial charge is 0.493 e. The van der Waals surface area contributed by atoms with E-state index in [9.17, 15) is 0 Å². The van der Waals surface area contributed by atoms with E-state index in [4.69, 9.17) is 14.2 Å². The summed E-state index contributed by atoms with van der Waals surface area (Å²) >= 11 is 3.52. The van der Waals surface area contributed by atoms with Crippen LogP contribution in [-0.4, -0.2) is 61.7 Å². The quantitative estimate of drug-likeness (QED) is 0.290. The molecule has 0 spiro atoms. The molecule has 1 aliphatic carbocycles. The summed E-state index contributed by atoms with van der Waals surface area (Å²) < 4.78 is 18.2. The Kier molecular flexibility index (Phi) is 6.25. The number of halogens is 1. The number of ether oxygens (including phenoxy) is 3. The molecule has 32 heavy (non-hydrogen) atoms. The third-order valence-corrected chi connectivity index (χ3v) is 6.32. The van der Waals surface area contributed by atoms with Gasteiger partial charge in [0.15, 0.2) is 11.5 Å². The van der Waals surface area contributed by atoms with Gasteiger partial charge >= 0.3 is 0 Å². The summed E-state index contributed by atoms with van der Waals surface area (Å²) in [5.74, 6) is 2.44. The number of aromatic nitrogens is 2. The van der Waals surface area contributed by atoms with Crippen LogP contribution >= 0.6 is 15.9 Å². The molecule has 1 fully saturated rings. The second kappa shape index (κ2) is 9.44. The van der Waals surface area contributed by atoms with Crippen LogP contribution in [0.25, 0.3) is 22.0 Å². The molecular weight excluding hydrogens is 472 g/mol. The predicted octanol–water partition coefficient (Wildman–Crippen LogP) is 5.22. The van der Waals surface area contributed by atoms with Crippen LogP contribution < -0.4 is 14.8 Å². The molecule has 2 aromatic carbocycles. The van der Waals surface area contributed by atoms with Gasteiger partial charge in [0.2, 0.25) is 0 Å². The highest BCUT2D eigenvalue weighted by molar-refractivity contribution is 9.10. The van der Waals surface area contributed by atoms with Crippen molar-refractivity contribution in [3.63, 3.8) is 0 Å². The van der Waals surface area contributed by atoms with Crippen molar-refractivity contribution >= 4 is 38.2 Å². The van der Waals surface area contributed by atoms with E-state index >= 15 is 0 Å². The second-order valence-electron chi connectivity index (χ2n) is 7.94. The van der Waals surface area contributed by atoms with Gasteiger partial charge in [0.05, 0.1) is 32.6 Å². The molecule has 1 saturated heterocycles. The minimum atomic E-state index is 0.654. The number of aromatic amines is 2. The zero-order valence-corrected chi connectivity index (χ0v) is 19.6. The lowest BCUT2D eigenvalue weighted by Gasteiger charge is -2.26. The smallest absolute Gasteiger partial charge is 0.161 e. The lowest BCUT2D eigenvalue weighted by molar-refractivity contribution is 0.0357. The van der Waals surface area contributed by atoms with Crippen LogP contribution in [-0.2, 0) is 4.74 Å². The van der Waals surface area contributed by atoms with Gasteiger partial charge < -0.3 is 19.5 Å². The Morgan fingerprint density at radius 2 is 1.97 bits per heavy atom. The molecule has 0 aromatic heterocycles. The predicted molar refractivity (Wildman–Crippen MR) is 131 cm³/mol. The van der Waals surface area contributed by atoms with Crippen molar-refractivity contribution < 1.29 is 14.2 Å². The summed E-state index contributed by atoms with van der Waals surface area (Å²) in [6.07, 6.45) is 0.971. The molecule has 2 aromatic rings. The van der Waals surface area contributed by atoms with E-state index in [0.717, 1.165) is 88.8 Å². The Morgan fingerprint density at radius 3 is 2.78 bits per heavy atom. The standard InChI is InChI=1S/C24H27BrN4O3/c1-30-21-15-19-16(13-22(21)32-9-3-6-29-7-10-31-11-8-29)12-20-23(19)27-28-24(20)26-18-5-2-4-17(25)14-18/h2,4-5,12-15,26-28H,3,6-11H2,1H3. The topological polar surface area (TPSA) is 74.5 Å². The van der Waals surface area contributed by atoms with Gasteiger partial charge in [-0.25, -0.2) is 0 Å². The van der Waals surface area contributed by atoms with Crippen LogP contribution in [0.5, 0.6) is 11.5 Å². The molecule has 0 radical (unpaired) electrons. The molecule has 0 amide bonds. The highest BCUT2D eigenvalue weighted by Gasteiger charge is 2.20. The lowest BCUT2D eigenvalue weighted by Crippen LogP contribution is -2.37. The Labute approximate surface area is 195 Å². The molecule has 0 atom stereocenters. The third-order valence-electron chi connectivity index (χ3n) is 5.83. The number of hydrogen-bond donors (Lipinski definition) is 3. The Morgan fingerprint density at radius 1 is 1.09 bits per heavy atom. The summed E-state index contributed by atoms with van der Waals surface area (Å²) in [6.45, 7) is 5.33. The van der Waals surface area contributed by atoms with E-state index in [0.29, 0.717) is 6.61 Å². The van der Waals surface area contributed by atoms with Crippen LogP contribution in [0.15, 0.2) is 46.9 Å². The maximum Gasteiger partial charge on any atom is 0.161 e. The first-order valence-electron chi connectivity index (χ1n) is 10.9. The number of fused-ring (bicyclic) bond motifs is 3. The van der Waals surface area contributed by atoms with Crippen molar-refractivity contribution in [2.75, 3.05) is 51.9 Å².